The second-order valence-electron chi connectivity index (χ2n) is 6.21. The standard InChI is InChI=1S/C15H23N3O3/c1-10(2)21-12-8-11(3)16-14(17-12)18-7-5-6-15(4,9-18)13(19)20/h8,10H,5-7,9H2,1-4H3,(H,19,20). The molecule has 2 heterocycles. The van der Waals surface area contributed by atoms with Gasteiger partial charge in [0.1, 0.15) is 0 Å². The summed E-state index contributed by atoms with van der Waals surface area (Å²) in [6.45, 7) is 8.75. The summed E-state index contributed by atoms with van der Waals surface area (Å²) in [7, 11) is 0. The Morgan fingerprint density at radius 3 is 2.81 bits per heavy atom. The van der Waals surface area contributed by atoms with Gasteiger partial charge in [-0.25, -0.2) is 4.98 Å². The van der Waals surface area contributed by atoms with E-state index in [0.717, 1.165) is 18.7 Å². The molecule has 1 aliphatic rings. The van der Waals surface area contributed by atoms with Crippen LogP contribution in [-0.4, -0.2) is 40.2 Å². The lowest BCUT2D eigenvalue weighted by Crippen LogP contribution is -2.46. The molecule has 1 unspecified atom stereocenters. The number of carboxylic acids is 1. The number of carbonyl (C=O) groups is 1. The first kappa shape index (κ1) is 15.5. The SMILES string of the molecule is Cc1cc(OC(C)C)nc(N2CCCC(C)(C(=O)O)C2)n1. The van der Waals surface area contributed by atoms with Gasteiger partial charge in [-0.3, -0.25) is 4.79 Å². The molecule has 0 spiro atoms. The number of anilines is 1. The topological polar surface area (TPSA) is 75.5 Å². The molecule has 0 aliphatic carbocycles. The van der Waals surface area contributed by atoms with Gasteiger partial charge in [-0.2, -0.15) is 4.98 Å². The highest BCUT2D eigenvalue weighted by Gasteiger charge is 2.38. The fourth-order valence-electron chi connectivity index (χ4n) is 2.55. The number of ether oxygens (including phenoxy) is 1. The quantitative estimate of drug-likeness (QED) is 0.917. The second-order valence-corrected chi connectivity index (χ2v) is 6.21. The summed E-state index contributed by atoms with van der Waals surface area (Å²) in [5.74, 6) is 0.325. The van der Waals surface area contributed by atoms with Crippen molar-refractivity contribution in [3.05, 3.63) is 11.8 Å². The van der Waals surface area contributed by atoms with Gasteiger partial charge < -0.3 is 14.7 Å². The maximum absolute atomic E-state index is 11.4. The van der Waals surface area contributed by atoms with E-state index in [4.69, 9.17) is 4.74 Å². The zero-order valence-corrected chi connectivity index (χ0v) is 13.1. The third kappa shape index (κ3) is 3.62. The van der Waals surface area contributed by atoms with E-state index in [1.54, 1.807) is 13.0 Å². The summed E-state index contributed by atoms with van der Waals surface area (Å²) >= 11 is 0. The van der Waals surface area contributed by atoms with Crippen LogP contribution in [0.2, 0.25) is 0 Å². The number of nitrogens with zero attached hydrogens (tertiary/aromatic N) is 3. The summed E-state index contributed by atoms with van der Waals surface area (Å²) < 4.78 is 5.63. The summed E-state index contributed by atoms with van der Waals surface area (Å²) in [4.78, 5) is 22.2. The van der Waals surface area contributed by atoms with Gasteiger partial charge in [0.25, 0.3) is 0 Å². The molecule has 6 heteroatoms. The minimum Gasteiger partial charge on any atom is -0.481 e. The van der Waals surface area contributed by atoms with E-state index >= 15 is 0 Å². The van der Waals surface area contributed by atoms with Gasteiger partial charge in [-0.1, -0.05) is 0 Å². The Morgan fingerprint density at radius 1 is 1.48 bits per heavy atom. The van der Waals surface area contributed by atoms with E-state index < -0.39 is 11.4 Å². The van der Waals surface area contributed by atoms with Crippen LogP contribution in [-0.2, 0) is 4.79 Å². The Hall–Kier alpha value is -1.85. The van der Waals surface area contributed by atoms with Crippen LogP contribution in [0, 0.1) is 12.3 Å². The van der Waals surface area contributed by atoms with Gasteiger partial charge in [-0.15, -0.1) is 0 Å². The molecule has 2 rings (SSSR count). The Balaban J connectivity index is 2.24. The Morgan fingerprint density at radius 2 is 2.19 bits per heavy atom. The van der Waals surface area contributed by atoms with E-state index in [1.807, 2.05) is 25.7 Å². The third-order valence-electron chi connectivity index (χ3n) is 3.67. The molecule has 116 valence electrons. The summed E-state index contributed by atoms with van der Waals surface area (Å²) in [5, 5.41) is 9.40. The molecule has 0 saturated carbocycles. The van der Waals surface area contributed by atoms with Crippen LogP contribution < -0.4 is 9.64 Å². The maximum atomic E-state index is 11.4. The van der Waals surface area contributed by atoms with Gasteiger partial charge in [0, 0.05) is 24.8 Å². The van der Waals surface area contributed by atoms with Crippen LogP contribution in [0.4, 0.5) is 5.95 Å². The van der Waals surface area contributed by atoms with E-state index in [-0.39, 0.29) is 6.10 Å². The molecule has 1 atom stereocenters. The Kier molecular flexibility index (Phi) is 4.34. The zero-order chi connectivity index (χ0) is 15.6. The first-order valence-corrected chi connectivity index (χ1v) is 7.31. The molecule has 0 amide bonds. The lowest BCUT2D eigenvalue weighted by atomic mass is 9.82. The molecule has 6 nitrogen and oxygen atoms in total. The van der Waals surface area contributed by atoms with Crippen LogP contribution in [0.1, 0.15) is 39.3 Å². The highest BCUT2D eigenvalue weighted by Crippen LogP contribution is 2.31. The number of piperidine rings is 1. The van der Waals surface area contributed by atoms with Crippen molar-refractivity contribution < 1.29 is 14.6 Å². The number of aryl methyl sites for hydroxylation is 1. The number of hydrogen-bond donors (Lipinski definition) is 1. The molecular formula is C15H23N3O3. The lowest BCUT2D eigenvalue weighted by Gasteiger charge is -2.37. The predicted molar refractivity (Wildman–Crippen MR) is 79.7 cm³/mol. The smallest absolute Gasteiger partial charge is 0.311 e. The van der Waals surface area contributed by atoms with E-state index in [2.05, 4.69) is 9.97 Å². The van der Waals surface area contributed by atoms with E-state index in [1.165, 1.54) is 0 Å². The molecule has 0 radical (unpaired) electrons. The van der Waals surface area contributed by atoms with Crippen LogP contribution >= 0.6 is 0 Å². The van der Waals surface area contributed by atoms with Crippen molar-refractivity contribution >= 4 is 11.9 Å². The molecule has 1 aromatic rings. The summed E-state index contributed by atoms with van der Waals surface area (Å²) in [5.41, 5.74) is 0.0722. The average molecular weight is 293 g/mol. The van der Waals surface area contributed by atoms with Crippen molar-refractivity contribution in [3.63, 3.8) is 0 Å². The first-order chi connectivity index (χ1) is 9.80. The van der Waals surface area contributed by atoms with Gasteiger partial charge in [-0.05, 0) is 40.5 Å². The zero-order valence-electron chi connectivity index (χ0n) is 13.1. The second kappa shape index (κ2) is 5.87. The molecule has 1 fully saturated rings. The molecule has 0 aromatic carbocycles. The maximum Gasteiger partial charge on any atom is 0.311 e. The molecule has 21 heavy (non-hydrogen) atoms. The highest BCUT2D eigenvalue weighted by atomic mass is 16.5. The lowest BCUT2D eigenvalue weighted by molar-refractivity contribution is -0.148. The monoisotopic (exact) mass is 293 g/mol. The number of aromatic nitrogens is 2. The van der Waals surface area contributed by atoms with Gasteiger partial charge in [0.15, 0.2) is 0 Å². The minimum absolute atomic E-state index is 0.0396. The minimum atomic E-state index is -0.765. The van der Waals surface area contributed by atoms with E-state index in [0.29, 0.717) is 24.8 Å². The van der Waals surface area contributed by atoms with Gasteiger partial charge >= 0.3 is 5.97 Å². The Labute approximate surface area is 125 Å². The number of aliphatic carboxylic acids is 1. The fourth-order valence-corrected chi connectivity index (χ4v) is 2.55. The summed E-state index contributed by atoms with van der Waals surface area (Å²) in [6, 6.07) is 1.80. The van der Waals surface area contributed by atoms with E-state index in [9.17, 15) is 9.90 Å². The van der Waals surface area contributed by atoms with Crippen LogP contribution in [0.25, 0.3) is 0 Å². The Bertz CT molecular complexity index is 533. The normalized spacial score (nSPS) is 22.4. The largest absolute Gasteiger partial charge is 0.481 e. The third-order valence-corrected chi connectivity index (χ3v) is 3.67. The average Bonchev–Trinajstić information content (AvgIpc) is 2.37. The van der Waals surface area contributed by atoms with Crippen molar-refractivity contribution in [2.24, 2.45) is 5.41 Å². The molecular weight excluding hydrogens is 270 g/mol. The molecule has 1 N–H and O–H groups in total. The van der Waals surface area contributed by atoms with Crippen molar-refractivity contribution in [2.75, 3.05) is 18.0 Å². The fraction of sp³-hybridized carbons (Fsp3) is 0.667. The number of rotatable bonds is 4. The van der Waals surface area contributed by atoms with Crippen LogP contribution in [0.5, 0.6) is 5.88 Å². The van der Waals surface area contributed by atoms with Crippen LogP contribution in [0.15, 0.2) is 6.07 Å². The van der Waals surface area contributed by atoms with Crippen molar-refractivity contribution in [1.29, 1.82) is 0 Å². The first-order valence-electron chi connectivity index (χ1n) is 7.31. The number of hydrogen-bond acceptors (Lipinski definition) is 5. The number of carboxylic acid groups (broad SMARTS) is 1. The molecule has 0 bridgehead atoms. The van der Waals surface area contributed by atoms with Gasteiger partial charge in [0.05, 0.1) is 11.5 Å². The highest BCUT2D eigenvalue weighted by molar-refractivity contribution is 5.75. The molecule has 1 aromatic heterocycles. The van der Waals surface area contributed by atoms with Gasteiger partial charge in [0.2, 0.25) is 11.8 Å². The summed E-state index contributed by atoms with van der Waals surface area (Å²) in [6.07, 6.45) is 1.54. The van der Waals surface area contributed by atoms with Crippen molar-refractivity contribution in [1.82, 2.24) is 9.97 Å². The van der Waals surface area contributed by atoms with Crippen LogP contribution in [0.3, 0.4) is 0 Å². The molecule has 1 saturated heterocycles. The molecule has 1 aliphatic heterocycles. The van der Waals surface area contributed by atoms with Crippen molar-refractivity contribution in [2.45, 2.75) is 46.6 Å². The van der Waals surface area contributed by atoms with Crippen molar-refractivity contribution in [3.8, 4) is 5.88 Å². The predicted octanol–water partition coefficient (Wildman–Crippen LogP) is 2.26.